The first-order valence-electron chi connectivity index (χ1n) is 8.86. The van der Waals surface area contributed by atoms with Crippen LogP contribution in [0, 0.1) is 18.3 Å². The van der Waals surface area contributed by atoms with Crippen LogP contribution in [0.15, 0.2) is 48.7 Å². The summed E-state index contributed by atoms with van der Waals surface area (Å²) in [5, 5.41) is 13.0. The second-order valence-electron chi connectivity index (χ2n) is 6.20. The normalized spacial score (nSPS) is 11.1. The van der Waals surface area contributed by atoms with Crippen LogP contribution >= 0.6 is 0 Å². The van der Waals surface area contributed by atoms with Crippen molar-refractivity contribution in [2.75, 3.05) is 6.61 Å². The van der Waals surface area contributed by atoms with Gasteiger partial charge in [0.05, 0.1) is 41.4 Å². The number of ether oxygens (including phenoxy) is 2. The molecule has 2 aromatic carbocycles. The fourth-order valence-corrected chi connectivity index (χ4v) is 2.77. The van der Waals surface area contributed by atoms with Crippen molar-refractivity contribution >= 4 is 5.97 Å². The molecule has 0 saturated heterocycles. The third-order valence-corrected chi connectivity index (χ3v) is 4.22. The molecule has 30 heavy (non-hydrogen) atoms. The number of hydrogen-bond donors (Lipinski definition) is 0. The van der Waals surface area contributed by atoms with Crippen molar-refractivity contribution in [3.63, 3.8) is 0 Å². The van der Waals surface area contributed by atoms with Crippen molar-refractivity contribution in [1.29, 1.82) is 5.26 Å². The van der Waals surface area contributed by atoms with Gasteiger partial charge in [-0.2, -0.15) is 23.5 Å². The van der Waals surface area contributed by atoms with E-state index in [4.69, 9.17) is 14.7 Å². The van der Waals surface area contributed by atoms with E-state index >= 15 is 0 Å². The van der Waals surface area contributed by atoms with Crippen molar-refractivity contribution in [2.24, 2.45) is 0 Å². The standard InChI is InChI=1S/C21H16F3N3O3/c1-3-29-19-9-14(11-25)7-8-18(19)30-20(28)17-12-26-27(13(17)2)16-6-4-5-15(10-16)21(22,23)24/h4-10,12H,3H2,1-2H3. The Morgan fingerprint density at radius 2 is 1.97 bits per heavy atom. The number of carbonyl (C=O) groups excluding carboxylic acids is 1. The van der Waals surface area contributed by atoms with Crippen LogP contribution in [0.2, 0.25) is 0 Å². The quantitative estimate of drug-likeness (QED) is 0.446. The lowest BCUT2D eigenvalue weighted by molar-refractivity contribution is -0.137. The van der Waals surface area contributed by atoms with Crippen LogP contribution in [-0.4, -0.2) is 22.4 Å². The molecule has 154 valence electrons. The highest BCUT2D eigenvalue weighted by molar-refractivity contribution is 5.92. The Morgan fingerprint density at radius 3 is 2.63 bits per heavy atom. The Labute approximate surface area is 170 Å². The molecule has 0 saturated carbocycles. The highest BCUT2D eigenvalue weighted by atomic mass is 19.4. The Hall–Kier alpha value is -3.80. The predicted octanol–water partition coefficient (Wildman–Crippen LogP) is 4.69. The number of alkyl halides is 3. The van der Waals surface area contributed by atoms with E-state index in [-0.39, 0.29) is 22.7 Å². The minimum Gasteiger partial charge on any atom is -0.490 e. The van der Waals surface area contributed by atoms with Gasteiger partial charge in [0.25, 0.3) is 0 Å². The number of aromatic nitrogens is 2. The second kappa shape index (κ2) is 8.29. The van der Waals surface area contributed by atoms with Crippen molar-refractivity contribution < 1.29 is 27.4 Å². The third kappa shape index (κ3) is 4.27. The smallest absolute Gasteiger partial charge is 0.416 e. The van der Waals surface area contributed by atoms with E-state index in [2.05, 4.69) is 5.10 Å². The highest BCUT2D eigenvalue weighted by Gasteiger charge is 2.31. The molecule has 0 aliphatic rings. The summed E-state index contributed by atoms with van der Waals surface area (Å²) in [6.45, 7) is 3.59. The van der Waals surface area contributed by atoms with Gasteiger partial charge in [-0.15, -0.1) is 0 Å². The molecule has 0 aliphatic heterocycles. The first-order valence-corrected chi connectivity index (χ1v) is 8.86. The Kier molecular flexibility index (Phi) is 5.78. The Balaban J connectivity index is 1.90. The average molecular weight is 415 g/mol. The molecule has 0 aliphatic carbocycles. The highest BCUT2D eigenvalue weighted by Crippen LogP contribution is 2.31. The Morgan fingerprint density at radius 1 is 1.20 bits per heavy atom. The van der Waals surface area contributed by atoms with E-state index in [1.807, 2.05) is 6.07 Å². The maximum Gasteiger partial charge on any atom is 0.416 e. The number of benzene rings is 2. The average Bonchev–Trinajstić information content (AvgIpc) is 3.10. The largest absolute Gasteiger partial charge is 0.490 e. The minimum absolute atomic E-state index is 0.0826. The van der Waals surface area contributed by atoms with Crippen molar-refractivity contribution in [2.45, 2.75) is 20.0 Å². The number of nitriles is 1. The van der Waals surface area contributed by atoms with Crippen molar-refractivity contribution in [3.05, 3.63) is 71.0 Å². The van der Waals surface area contributed by atoms with E-state index in [9.17, 15) is 18.0 Å². The summed E-state index contributed by atoms with van der Waals surface area (Å²) in [7, 11) is 0. The number of esters is 1. The van der Waals surface area contributed by atoms with Gasteiger partial charge in [0, 0.05) is 6.07 Å². The van der Waals surface area contributed by atoms with Gasteiger partial charge in [-0.05, 0) is 44.2 Å². The molecule has 0 N–H and O–H groups in total. The molecule has 0 radical (unpaired) electrons. The van der Waals surface area contributed by atoms with Gasteiger partial charge in [0.1, 0.15) is 5.56 Å². The maximum absolute atomic E-state index is 13.0. The van der Waals surface area contributed by atoms with Gasteiger partial charge in [0.15, 0.2) is 11.5 Å². The zero-order chi connectivity index (χ0) is 21.9. The van der Waals surface area contributed by atoms with Gasteiger partial charge in [-0.25, -0.2) is 9.48 Å². The molecule has 0 fully saturated rings. The van der Waals surface area contributed by atoms with Crippen molar-refractivity contribution in [1.82, 2.24) is 9.78 Å². The third-order valence-electron chi connectivity index (χ3n) is 4.22. The summed E-state index contributed by atoms with van der Waals surface area (Å²) in [4.78, 5) is 12.6. The molecule has 9 heteroatoms. The first kappa shape index (κ1) is 20.9. The molecule has 3 aromatic rings. The van der Waals surface area contributed by atoms with E-state index in [1.165, 1.54) is 41.2 Å². The predicted molar refractivity (Wildman–Crippen MR) is 101 cm³/mol. The number of hydrogen-bond acceptors (Lipinski definition) is 5. The lowest BCUT2D eigenvalue weighted by atomic mass is 10.2. The topological polar surface area (TPSA) is 77.1 Å². The number of halogens is 3. The summed E-state index contributed by atoms with van der Waals surface area (Å²) in [6.07, 6.45) is -3.27. The zero-order valence-corrected chi connectivity index (χ0v) is 16.0. The molecular weight excluding hydrogens is 399 g/mol. The zero-order valence-electron chi connectivity index (χ0n) is 16.0. The SMILES string of the molecule is CCOc1cc(C#N)ccc1OC(=O)c1cnn(-c2cccc(C(F)(F)F)c2)c1C. The number of nitrogens with zero attached hydrogens (tertiary/aromatic N) is 3. The molecule has 6 nitrogen and oxygen atoms in total. The molecular formula is C21H16F3N3O3. The van der Waals surface area contributed by atoms with Gasteiger partial charge >= 0.3 is 12.1 Å². The summed E-state index contributed by atoms with van der Waals surface area (Å²) >= 11 is 0. The molecule has 0 bridgehead atoms. The van der Waals surface area contributed by atoms with Crippen LogP contribution < -0.4 is 9.47 Å². The van der Waals surface area contributed by atoms with Crippen LogP contribution in [0.25, 0.3) is 5.69 Å². The molecule has 1 heterocycles. The molecule has 0 unspecified atom stereocenters. The van der Waals surface area contributed by atoms with E-state index < -0.39 is 17.7 Å². The molecule has 0 amide bonds. The number of rotatable bonds is 5. The summed E-state index contributed by atoms with van der Waals surface area (Å²) in [5.41, 5.74) is 0.0738. The second-order valence-corrected chi connectivity index (χ2v) is 6.20. The fraction of sp³-hybridized carbons (Fsp3) is 0.190. The number of carbonyl (C=O) groups is 1. The lowest BCUT2D eigenvalue weighted by Gasteiger charge is -2.11. The molecule has 1 aromatic heterocycles. The van der Waals surface area contributed by atoms with E-state index in [0.717, 1.165) is 12.1 Å². The van der Waals surface area contributed by atoms with Gasteiger partial charge in [0.2, 0.25) is 0 Å². The van der Waals surface area contributed by atoms with Crippen LogP contribution in [-0.2, 0) is 6.18 Å². The molecule has 0 spiro atoms. The minimum atomic E-state index is -4.50. The first-order chi connectivity index (χ1) is 14.2. The van der Waals surface area contributed by atoms with E-state index in [1.54, 1.807) is 13.8 Å². The Bertz CT molecular complexity index is 1130. The summed E-state index contributed by atoms with van der Waals surface area (Å²) < 4.78 is 51.0. The fourth-order valence-electron chi connectivity index (χ4n) is 2.77. The maximum atomic E-state index is 13.0. The van der Waals surface area contributed by atoms with Gasteiger partial charge in [-0.1, -0.05) is 6.07 Å². The van der Waals surface area contributed by atoms with Crippen molar-refractivity contribution in [3.8, 4) is 23.3 Å². The summed E-state index contributed by atoms with van der Waals surface area (Å²) in [5.74, 6) is -0.406. The monoisotopic (exact) mass is 415 g/mol. The summed E-state index contributed by atoms with van der Waals surface area (Å²) in [6, 6.07) is 11.0. The molecule has 0 atom stereocenters. The van der Waals surface area contributed by atoms with Crippen LogP contribution in [0.1, 0.15) is 34.1 Å². The van der Waals surface area contributed by atoms with E-state index in [0.29, 0.717) is 17.9 Å². The van der Waals surface area contributed by atoms with Crippen LogP contribution in [0.5, 0.6) is 11.5 Å². The molecule has 3 rings (SSSR count). The lowest BCUT2D eigenvalue weighted by Crippen LogP contribution is -2.11. The van der Waals surface area contributed by atoms with Gasteiger partial charge < -0.3 is 9.47 Å². The van der Waals surface area contributed by atoms with Gasteiger partial charge in [-0.3, -0.25) is 0 Å². The van der Waals surface area contributed by atoms with Crippen LogP contribution in [0.4, 0.5) is 13.2 Å². The van der Waals surface area contributed by atoms with Crippen LogP contribution in [0.3, 0.4) is 0 Å².